The zero-order valence-electron chi connectivity index (χ0n) is 10.9. The van der Waals surface area contributed by atoms with Crippen molar-refractivity contribution in [3.8, 4) is 0 Å². The van der Waals surface area contributed by atoms with Crippen LogP contribution < -0.4 is 5.48 Å². The van der Waals surface area contributed by atoms with Crippen LogP contribution in [0.5, 0.6) is 0 Å². The number of hydroxylamine groups is 1. The number of hydrogen-bond acceptors (Lipinski definition) is 5. The summed E-state index contributed by atoms with van der Waals surface area (Å²) in [6.45, 7) is 0.351. The maximum absolute atomic E-state index is 6.03. The molecule has 2 aromatic heterocycles. The highest BCUT2D eigenvalue weighted by atomic mass is 35.5. The quantitative estimate of drug-likeness (QED) is 0.337. The Kier molecular flexibility index (Phi) is 4.40. The highest BCUT2D eigenvalue weighted by Gasteiger charge is 2.02. The summed E-state index contributed by atoms with van der Waals surface area (Å²) in [5.74, 6) is 0.607. The van der Waals surface area contributed by atoms with E-state index in [1.807, 2.05) is 35.7 Å². The van der Waals surface area contributed by atoms with Crippen molar-refractivity contribution in [2.24, 2.45) is 4.99 Å². The molecule has 0 radical (unpaired) electrons. The summed E-state index contributed by atoms with van der Waals surface area (Å²) >= 11 is 7.58. The molecule has 0 fully saturated rings. The van der Waals surface area contributed by atoms with E-state index in [-0.39, 0.29) is 0 Å². The zero-order valence-corrected chi connectivity index (χ0v) is 12.4. The molecule has 0 saturated heterocycles. The molecule has 0 bridgehead atoms. The lowest BCUT2D eigenvalue weighted by Crippen LogP contribution is -2.11. The Morgan fingerprint density at radius 2 is 2.19 bits per heavy atom. The van der Waals surface area contributed by atoms with Crippen molar-refractivity contribution in [1.29, 1.82) is 0 Å². The summed E-state index contributed by atoms with van der Waals surface area (Å²) in [6.07, 6.45) is 2.95. The van der Waals surface area contributed by atoms with Crippen molar-refractivity contribution < 1.29 is 4.84 Å². The molecular formula is C14H11ClN4OS. The minimum atomic E-state index is 0.351. The number of rotatable bonds is 5. The van der Waals surface area contributed by atoms with Gasteiger partial charge in [-0.1, -0.05) is 29.8 Å². The molecule has 0 aliphatic heterocycles. The second kappa shape index (κ2) is 6.62. The zero-order chi connectivity index (χ0) is 14.5. The number of fused-ring (bicyclic) bond motifs is 1. The molecule has 3 aromatic rings. The van der Waals surface area contributed by atoms with Crippen LogP contribution in [0.4, 0.5) is 5.82 Å². The molecule has 0 aliphatic carbocycles. The number of benzene rings is 1. The highest BCUT2D eigenvalue weighted by molar-refractivity contribution is 7.16. The maximum Gasteiger partial charge on any atom is 0.165 e. The van der Waals surface area contributed by atoms with Gasteiger partial charge in [-0.05, 0) is 23.1 Å². The average molecular weight is 319 g/mol. The molecule has 0 amide bonds. The van der Waals surface area contributed by atoms with Crippen molar-refractivity contribution >= 4 is 45.3 Å². The van der Waals surface area contributed by atoms with Crippen molar-refractivity contribution in [1.82, 2.24) is 15.4 Å². The first kappa shape index (κ1) is 13.9. The van der Waals surface area contributed by atoms with Gasteiger partial charge in [0.25, 0.3) is 0 Å². The van der Waals surface area contributed by atoms with Gasteiger partial charge >= 0.3 is 0 Å². The fourth-order valence-electron chi connectivity index (χ4n) is 1.74. The fourth-order valence-corrected chi connectivity index (χ4v) is 2.66. The minimum absolute atomic E-state index is 0.351. The van der Waals surface area contributed by atoms with E-state index in [0.29, 0.717) is 17.4 Å². The predicted octanol–water partition coefficient (Wildman–Crippen LogP) is 3.73. The Bertz CT molecular complexity index is 774. The van der Waals surface area contributed by atoms with Gasteiger partial charge in [0.15, 0.2) is 5.82 Å². The topological polar surface area (TPSA) is 59.4 Å². The van der Waals surface area contributed by atoms with Gasteiger partial charge in [0.1, 0.15) is 24.1 Å². The molecular weight excluding hydrogens is 308 g/mol. The van der Waals surface area contributed by atoms with E-state index in [1.165, 1.54) is 12.7 Å². The molecule has 106 valence electrons. The lowest BCUT2D eigenvalue weighted by atomic mass is 10.2. The molecule has 1 aromatic carbocycles. The van der Waals surface area contributed by atoms with Gasteiger partial charge < -0.3 is 0 Å². The van der Waals surface area contributed by atoms with Crippen LogP contribution >= 0.6 is 22.9 Å². The van der Waals surface area contributed by atoms with Gasteiger partial charge in [0.2, 0.25) is 0 Å². The SMILES string of the molecule is Clc1ccccc1CON/C=N\c1ncnc2sccc12. The van der Waals surface area contributed by atoms with E-state index < -0.39 is 0 Å². The third-order valence-electron chi connectivity index (χ3n) is 2.75. The normalized spacial score (nSPS) is 11.3. The molecule has 0 atom stereocenters. The van der Waals surface area contributed by atoms with Gasteiger partial charge in [-0.15, -0.1) is 11.3 Å². The maximum atomic E-state index is 6.03. The van der Waals surface area contributed by atoms with Crippen molar-refractivity contribution in [3.05, 3.63) is 52.6 Å². The lowest BCUT2D eigenvalue weighted by molar-refractivity contribution is 0.0746. The van der Waals surface area contributed by atoms with E-state index in [2.05, 4.69) is 20.4 Å². The summed E-state index contributed by atoms with van der Waals surface area (Å²) < 4.78 is 0. The molecule has 7 heteroatoms. The van der Waals surface area contributed by atoms with E-state index in [0.717, 1.165) is 15.8 Å². The van der Waals surface area contributed by atoms with Crippen molar-refractivity contribution in [3.63, 3.8) is 0 Å². The molecule has 0 aliphatic rings. The van der Waals surface area contributed by atoms with Gasteiger partial charge in [-0.3, -0.25) is 10.3 Å². The highest BCUT2D eigenvalue weighted by Crippen LogP contribution is 2.25. The number of nitrogens with zero attached hydrogens (tertiary/aromatic N) is 3. The number of aliphatic imine (C=N–C) groups is 1. The Morgan fingerprint density at radius 1 is 1.29 bits per heavy atom. The minimum Gasteiger partial charge on any atom is -0.270 e. The number of thiophene rings is 1. The van der Waals surface area contributed by atoms with Crippen LogP contribution in [0.3, 0.4) is 0 Å². The number of halogens is 1. The van der Waals surface area contributed by atoms with Crippen LogP contribution in [-0.2, 0) is 11.4 Å². The molecule has 2 heterocycles. The lowest BCUT2D eigenvalue weighted by Gasteiger charge is -2.04. The van der Waals surface area contributed by atoms with Gasteiger partial charge in [-0.2, -0.15) is 0 Å². The Hall–Kier alpha value is -2.02. The molecule has 0 unspecified atom stereocenters. The van der Waals surface area contributed by atoms with Crippen LogP contribution in [-0.4, -0.2) is 16.3 Å². The number of hydrogen-bond donors (Lipinski definition) is 1. The van der Waals surface area contributed by atoms with Crippen LogP contribution in [0.2, 0.25) is 5.02 Å². The molecule has 1 N–H and O–H groups in total. The second-order valence-electron chi connectivity index (χ2n) is 4.09. The summed E-state index contributed by atoms with van der Waals surface area (Å²) in [5, 5.41) is 3.55. The number of nitrogens with one attached hydrogen (secondary N) is 1. The summed E-state index contributed by atoms with van der Waals surface area (Å²) in [4.78, 5) is 18.7. The largest absolute Gasteiger partial charge is 0.270 e. The van der Waals surface area contributed by atoms with E-state index in [1.54, 1.807) is 11.3 Å². The Labute approximate surface area is 130 Å². The van der Waals surface area contributed by atoms with Gasteiger partial charge in [0, 0.05) is 5.02 Å². The monoisotopic (exact) mass is 318 g/mol. The number of aromatic nitrogens is 2. The average Bonchev–Trinajstić information content (AvgIpc) is 2.98. The third-order valence-corrected chi connectivity index (χ3v) is 3.94. The predicted molar refractivity (Wildman–Crippen MR) is 84.9 cm³/mol. The molecule has 5 nitrogen and oxygen atoms in total. The van der Waals surface area contributed by atoms with Crippen LogP contribution in [0.1, 0.15) is 5.56 Å². The standard InChI is InChI=1S/C14H11ClN4OS/c15-12-4-2-1-3-10(12)7-20-19-9-17-13-11-5-6-21-14(11)18-8-16-13/h1-6,8-9H,7H2,(H,16,17,18,19). The molecule has 0 saturated carbocycles. The first-order valence-electron chi connectivity index (χ1n) is 6.16. The van der Waals surface area contributed by atoms with Crippen LogP contribution in [0.25, 0.3) is 10.2 Å². The van der Waals surface area contributed by atoms with Crippen molar-refractivity contribution in [2.45, 2.75) is 6.61 Å². The molecule has 21 heavy (non-hydrogen) atoms. The van der Waals surface area contributed by atoms with Crippen molar-refractivity contribution in [2.75, 3.05) is 0 Å². The van der Waals surface area contributed by atoms with E-state index in [9.17, 15) is 0 Å². The van der Waals surface area contributed by atoms with Crippen LogP contribution in [0.15, 0.2) is 47.0 Å². The van der Waals surface area contributed by atoms with E-state index >= 15 is 0 Å². The molecule has 0 spiro atoms. The van der Waals surface area contributed by atoms with Gasteiger partial charge in [-0.25, -0.2) is 15.0 Å². The summed E-state index contributed by atoms with van der Waals surface area (Å²) in [7, 11) is 0. The third kappa shape index (κ3) is 3.36. The van der Waals surface area contributed by atoms with E-state index in [4.69, 9.17) is 16.4 Å². The summed E-state index contributed by atoms with van der Waals surface area (Å²) in [6, 6.07) is 9.45. The van der Waals surface area contributed by atoms with Gasteiger partial charge in [0.05, 0.1) is 5.39 Å². The Morgan fingerprint density at radius 3 is 3.10 bits per heavy atom. The Balaban J connectivity index is 1.58. The first-order valence-corrected chi connectivity index (χ1v) is 7.42. The van der Waals surface area contributed by atoms with Crippen LogP contribution in [0, 0.1) is 0 Å². The molecule has 3 rings (SSSR count). The smallest absolute Gasteiger partial charge is 0.165 e. The second-order valence-corrected chi connectivity index (χ2v) is 5.39. The fraction of sp³-hybridized carbons (Fsp3) is 0.0714. The first-order chi connectivity index (χ1) is 10.3. The summed E-state index contributed by atoms with van der Waals surface area (Å²) in [5.41, 5.74) is 3.56.